The Kier molecular flexibility index (Phi) is 2.82. The van der Waals surface area contributed by atoms with Gasteiger partial charge in [-0.1, -0.05) is 12.5 Å². The van der Waals surface area contributed by atoms with Crippen molar-refractivity contribution in [3.05, 3.63) is 41.0 Å². The van der Waals surface area contributed by atoms with Crippen LogP contribution in [0.4, 0.5) is 0 Å². The molecule has 1 aromatic rings. The van der Waals surface area contributed by atoms with Crippen LogP contribution in [0.1, 0.15) is 37.8 Å². The summed E-state index contributed by atoms with van der Waals surface area (Å²) < 4.78 is 5.50. The number of fused-ring (bicyclic) bond motifs is 1. The first-order chi connectivity index (χ1) is 7.63. The van der Waals surface area contributed by atoms with Gasteiger partial charge in [0.25, 0.3) is 0 Å². The summed E-state index contributed by atoms with van der Waals surface area (Å²) in [4.78, 5) is 0. The lowest BCUT2D eigenvalue weighted by Crippen LogP contribution is -2.12. The minimum Gasteiger partial charge on any atom is -0.494 e. The van der Waals surface area contributed by atoms with E-state index in [2.05, 4.69) is 19.9 Å². The van der Waals surface area contributed by atoms with E-state index in [-0.39, 0.29) is 0 Å². The van der Waals surface area contributed by atoms with Crippen molar-refractivity contribution in [3.63, 3.8) is 0 Å². The van der Waals surface area contributed by atoms with Crippen LogP contribution in [0.25, 0.3) is 0 Å². The second kappa shape index (κ2) is 4.12. The maximum atomic E-state index is 7.95. The molecular weight excluding hydrogens is 198 g/mol. The Balaban J connectivity index is 2.47. The van der Waals surface area contributed by atoms with Gasteiger partial charge in [-0.05, 0) is 43.7 Å². The third-order valence-corrected chi connectivity index (χ3v) is 3.15. The molecule has 0 spiro atoms. The monoisotopic (exact) mass is 215 g/mol. The molecule has 0 aromatic heterocycles. The first-order valence-electron chi connectivity index (χ1n) is 5.67. The van der Waals surface area contributed by atoms with E-state index >= 15 is 0 Å². The summed E-state index contributed by atoms with van der Waals surface area (Å²) in [6.07, 6.45) is 1.95. The van der Waals surface area contributed by atoms with Crippen LogP contribution in [-0.4, -0.2) is 12.3 Å². The van der Waals surface area contributed by atoms with E-state index in [1.165, 1.54) is 11.1 Å². The number of rotatable bonds is 2. The molecule has 1 atom stereocenters. The SMILES string of the molecule is CCOc1ccc2c(c1)C(C)C(C)=CC2=N. The van der Waals surface area contributed by atoms with Gasteiger partial charge < -0.3 is 10.1 Å². The largest absolute Gasteiger partial charge is 0.494 e. The standard InChI is InChI=1S/C14H17NO/c1-4-16-11-5-6-12-13(8-11)10(3)9(2)7-14(12)15/h5-8,10,15H,4H2,1-3H3. The van der Waals surface area contributed by atoms with Crippen LogP contribution in [0.5, 0.6) is 5.75 Å². The maximum Gasteiger partial charge on any atom is 0.119 e. The lowest BCUT2D eigenvalue weighted by atomic mass is 9.83. The van der Waals surface area contributed by atoms with Crippen molar-refractivity contribution in [2.45, 2.75) is 26.7 Å². The summed E-state index contributed by atoms with van der Waals surface area (Å²) >= 11 is 0. The van der Waals surface area contributed by atoms with Gasteiger partial charge >= 0.3 is 0 Å². The molecule has 0 radical (unpaired) electrons. The van der Waals surface area contributed by atoms with E-state index in [4.69, 9.17) is 10.1 Å². The van der Waals surface area contributed by atoms with Crippen molar-refractivity contribution < 1.29 is 4.74 Å². The summed E-state index contributed by atoms with van der Waals surface area (Å²) in [5.74, 6) is 1.28. The predicted molar refractivity (Wildman–Crippen MR) is 66.6 cm³/mol. The van der Waals surface area contributed by atoms with E-state index in [1.54, 1.807) is 0 Å². The molecular formula is C14H17NO. The molecule has 0 amide bonds. The number of hydrogen-bond acceptors (Lipinski definition) is 2. The van der Waals surface area contributed by atoms with Gasteiger partial charge in [0.2, 0.25) is 0 Å². The molecule has 0 fully saturated rings. The van der Waals surface area contributed by atoms with Crippen LogP contribution < -0.4 is 4.74 Å². The molecule has 0 aliphatic heterocycles. The summed E-state index contributed by atoms with van der Waals surface area (Å²) in [5.41, 5.74) is 4.08. The van der Waals surface area contributed by atoms with Crippen LogP contribution >= 0.6 is 0 Å². The van der Waals surface area contributed by atoms with E-state index in [1.807, 2.05) is 25.1 Å². The fourth-order valence-corrected chi connectivity index (χ4v) is 2.08. The third kappa shape index (κ3) is 1.75. The molecule has 1 N–H and O–H groups in total. The fourth-order valence-electron chi connectivity index (χ4n) is 2.08. The first-order valence-corrected chi connectivity index (χ1v) is 5.67. The highest BCUT2D eigenvalue weighted by atomic mass is 16.5. The number of ether oxygens (including phenoxy) is 1. The van der Waals surface area contributed by atoms with Crippen molar-refractivity contribution >= 4 is 5.71 Å². The molecule has 1 aliphatic carbocycles. The van der Waals surface area contributed by atoms with E-state index in [0.29, 0.717) is 18.2 Å². The van der Waals surface area contributed by atoms with E-state index in [0.717, 1.165) is 11.3 Å². The molecule has 0 heterocycles. The Hall–Kier alpha value is -1.57. The topological polar surface area (TPSA) is 33.1 Å². The Morgan fingerprint density at radius 2 is 2.12 bits per heavy atom. The van der Waals surface area contributed by atoms with Crippen molar-refractivity contribution in [2.24, 2.45) is 0 Å². The maximum absolute atomic E-state index is 7.95. The number of allylic oxidation sites excluding steroid dienone is 2. The second-order valence-corrected chi connectivity index (χ2v) is 4.21. The molecule has 1 aliphatic rings. The lowest BCUT2D eigenvalue weighted by molar-refractivity contribution is 0.340. The van der Waals surface area contributed by atoms with Crippen molar-refractivity contribution in [1.29, 1.82) is 5.41 Å². The van der Waals surface area contributed by atoms with Gasteiger partial charge in [0.05, 0.1) is 12.3 Å². The Morgan fingerprint density at radius 3 is 2.81 bits per heavy atom. The molecule has 84 valence electrons. The summed E-state index contributed by atoms with van der Waals surface area (Å²) in [6.45, 7) is 6.91. The highest BCUT2D eigenvalue weighted by molar-refractivity contribution is 6.09. The number of nitrogens with one attached hydrogen (secondary N) is 1. The summed E-state index contributed by atoms with van der Waals surface area (Å²) in [7, 11) is 0. The van der Waals surface area contributed by atoms with E-state index < -0.39 is 0 Å². The smallest absolute Gasteiger partial charge is 0.119 e. The fraction of sp³-hybridized carbons (Fsp3) is 0.357. The van der Waals surface area contributed by atoms with Gasteiger partial charge in [-0.2, -0.15) is 0 Å². The molecule has 0 bridgehead atoms. The van der Waals surface area contributed by atoms with Gasteiger partial charge in [0.15, 0.2) is 0 Å². The molecule has 2 heteroatoms. The molecule has 0 saturated carbocycles. The van der Waals surface area contributed by atoms with Crippen LogP contribution in [0, 0.1) is 5.41 Å². The van der Waals surface area contributed by atoms with Crippen molar-refractivity contribution in [3.8, 4) is 5.75 Å². The second-order valence-electron chi connectivity index (χ2n) is 4.21. The van der Waals surface area contributed by atoms with Gasteiger partial charge in [-0.25, -0.2) is 0 Å². The number of hydrogen-bond donors (Lipinski definition) is 1. The minimum atomic E-state index is 0.379. The zero-order valence-electron chi connectivity index (χ0n) is 10.0. The Morgan fingerprint density at radius 1 is 1.38 bits per heavy atom. The van der Waals surface area contributed by atoms with Gasteiger partial charge in [-0.3, -0.25) is 0 Å². The first kappa shape index (κ1) is 10.9. The van der Waals surface area contributed by atoms with E-state index in [9.17, 15) is 0 Å². The normalized spacial score (nSPS) is 19.1. The Bertz CT molecular complexity index is 460. The highest BCUT2D eigenvalue weighted by Gasteiger charge is 2.20. The Labute approximate surface area is 96.5 Å². The molecule has 0 saturated heterocycles. The average molecular weight is 215 g/mol. The van der Waals surface area contributed by atoms with Crippen molar-refractivity contribution in [1.82, 2.24) is 0 Å². The zero-order chi connectivity index (χ0) is 11.7. The van der Waals surface area contributed by atoms with Crippen LogP contribution in [-0.2, 0) is 0 Å². The molecule has 2 nitrogen and oxygen atoms in total. The minimum absolute atomic E-state index is 0.379. The third-order valence-electron chi connectivity index (χ3n) is 3.15. The zero-order valence-corrected chi connectivity index (χ0v) is 10.0. The molecule has 1 aromatic carbocycles. The highest BCUT2D eigenvalue weighted by Crippen LogP contribution is 2.33. The van der Waals surface area contributed by atoms with Crippen molar-refractivity contribution in [2.75, 3.05) is 6.61 Å². The molecule has 1 unspecified atom stereocenters. The van der Waals surface area contributed by atoms with Gasteiger partial charge in [0.1, 0.15) is 5.75 Å². The average Bonchev–Trinajstić information content (AvgIpc) is 2.26. The van der Waals surface area contributed by atoms with Crippen LogP contribution in [0.3, 0.4) is 0 Å². The van der Waals surface area contributed by atoms with Crippen LogP contribution in [0.15, 0.2) is 29.8 Å². The predicted octanol–water partition coefficient (Wildman–Crippen LogP) is 3.52. The lowest BCUT2D eigenvalue weighted by Gasteiger charge is -2.23. The number of benzene rings is 1. The summed E-state index contributed by atoms with van der Waals surface area (Å²) in [5, 5.41) is 7.95. The van der Waals surface area contributed by atoms with Gasteiger partial charge in [-0.15, -0.1) is 0 Å². The summed E-state index contributed by atoms with van der Waals surface area (Å²) in [6, 6.07) is 5.99. The van der Waals surface area contributed by atoms with Crippen LogP contribution in [0.2, 0.25) is 0 Å². The quantitative estimate of drug-likeness (QED) is 0.804. The van der Waals surface area contributed by atoms with Gasteiger partial charge in [0, 0.05) is 11.5 Å². The molecule has 16 heavy (non-hydrogen) atoms. The molecule has 2 rings (SSSR count).